The molecule has 2 N–H and O–H groups in total. The summed E-state index contributed by atoms with van der Waals surface area (Å²) in [7, 11) is 0. The largest absolute Gasteiger partial charge is 0.361 e. The number of nitrogens with one attached hydrogen (secondary N) is 2. The number of carbonyl (C=O) groups excluding carboxylic acids is 2. The molecule has 0 bridgehead atoms. The van der Waals surface area contributed by atoms with Crippen LogP contribution in [0.1, 0.15) is 24.5 Å². The number of hydrogen-bond donors (Lipinski definition) is 2. The van der Waals surface area contributed by atoms with Crippen LogP contribution < -0.4 is 5.32 Å². The summed E-state index contributed by atoms with van der Waals surface area (Å²) in [6.45, 7) is 2.97. The molecule has 1 aromatic heterocycles. The molecule has 0 aliphatic carbocycles. The van der Waals surface area contributed by atoms with Gasteiger partial charge in [-0.2, -0.15) is 0 Å². The molecule has 1 aliphatic rings. The average molecular weight is 438 g/mol. The summed E-state index contributed by atoms with van der Waals surface area (Å²) in [5, 5.41) is 6.28. The molecule has 0 saturated heterocycles. The van der Waals surface area contributed by atoms with Gasteiger partial charge in [0.2, 0.25) is 11.8 Å². The van der Waals surface area contributed by atoms with E-state index in [0.717, 1.165) is 28.3 Å². The van der Waals surface area contributed by atoms with Crippen molar-refractivity contribution in [2.75, 3.05) is 13.1 Å². The van der Waals surface area contributed by atoms with E-state index in [1.54, 1.807) is 6.92 Å². The molecular weight excluding hydrogens is 410 g/mol. The van der Waals surface area contributed by atoms with Crippen molar-refractivity contribution in [2.24, 2.45) is 0 Å². The Labute approximate surface area is 193 Å². The Morgan fingerprint density at radius 1 is 1.00 bits per heavy atom. The van der Waals surface area contributed by atoms with Gasteiger partial charge in [0.15, 0.2) is 0 Å². The Hall–Kier alpha value is -3.86. The van der Waals surface area contributed by atoms with Gasteiger partial charge >= 0.3 is 0 Å². The molecule has 166 valence electrons. The zero-order valence-corrected chi connectivity index (χ0v) is 18.7. The molecule has 1 atom stereocenters. The van der Waals surface area contributed by atoms with Gasteiger partial charge in [0, 0.05) is 35.8 Å². The predicted octanol–water partition coefficient (Wildman–Crippen LogP) is 4.68. The van der Waals surface area contributed by atoms with Crippen LogP contribution in [0.3, 0.4) is 0 Å². The summed E-state index contributed by atoms with van der Waals surface area (Å²) in [6.07, 6.45) is 5.22. The second-order valence-corrected chi connectivity index (χ2v) is 8.62. The van der Waals surface area contributed by atoms with Crippen LogP contribution in [0.2, 0.25) is 0 Å². The van der Waals surface area contributed by atoms with Gasteiger partial charge in [0.05, 0.1) is 6.42 Å². The van der Waals surface area contributed by atoms with E-state index in [-0.39, 0.29) is 18.2 Å². The van der Waals surface area contributed by atoms with Crippen molar-refractivity contribution in [3.05, 3.63) is 90.1 Å². The zero-order valence-electron chi connectivity index (χ0n) is 18.7. The maximum Gasteiger partial charge on any atom is 0.245 e. The monoisotopic (exact) mass is 437 g/mol. The van der Waals surface area contributed by atoms with Crippen LogP contribution >= 0.6 is 0 Å². The van der Waals surface area contributed by atoms with Crippen molar-refractivity contribution in [3.63, 3.8) is 0 Å². The minimum atomic E-state index is -0.560. The topological polar surface area (TPSA) is 65.2 Å². The lowest BCUT2D eigenvalue weighted by atomic mass is 9.98. The number of amides is 2. The molecule has 2 heterocycles. The van der Waals surface area contributed by atoms with Crippen LogP contribution in [0.25, 0.3) is 27.2 Å². The fourth-order valence-electron chi connectivity index (χ4n) is 4.70. The van der Waals surface area contributed by atoms with Crippen LogP contribution in [0.4, 0.5) is 0 Å². The summed E-state index contributed by atoms with van der Waals surface area (Å²) in [6, 6.07) is 21.7. The number of rotatable bonds is 5. The molecule has 4 aromatic rings. The Bertz CT molecular complexity index is 1360. The first-order chi connectivity index (χ1) is 16.1. The number of carbonyl (C=O) groups is 2. The minimum Gasteiger partial charge on any atom is -0.361 e. The second kappa shape index (κ2) is 8.94. The van der Waals surface area contributed by atoms with E-state index in [1.165, 1.54) is 16.5 Å². The Balaban J connectivity index is 1.21. The van der Waals surface area contributed by atoms with Gasteiger partial charge in [0.25, 0.3) is 0 Å². The Kier molecular flexibility index (Phi) is 5.69. The summed E-state index contributed by atoms with van der Waals surface area (Å²) >= 11 is 0. The van der Waals surface area contributed by atoms with E-state index in [4.69, 9.17) is 0 Å². The molecule has 0 fully saturated rings. The molecule has 33 heavy (non-hydrogen) atoms. The fraction of sp³-hybridized carbons (Fsp3) is 0.214. The normalized spacial score (nSPS) is 14.8. The molecule has 1 aliphatic heterocycles. The summed E-state index contributed by atoms with van der Waals surface area (Å²) in [4.78, 5) is 30.8. The number of H-pyrrole nitrogens is 1. The van der Waals surface area contributed by atoms with Crippen LogP contribution in [-0.2, 0) is 16.0 Å². The average Bonchev–Trinajstić information content (AvgIpc) is 3.28. The standard InChI is InChI=1S/C28H27N3O2/c1-19(30-27(32)17-22-9-6-8-20-7-2-3-10-23(20)22)28(33)31-15-13-21(14-16-31)25-18-29-26-12-5-4-11-24(25)26/h2-13,18-19,29H,14-17H2,1H3,(H,30,32)/t19-/m1/s1. The Morgan fingerprint density at radius 2 is 1.76 bits per heavy atom. The number of aromatic amines is 1. The zero-order chi connectivity index (χ0) is 22.8. The molecule has 5 rings (SSSR count). The van der Waals surface area contributed by atoms with E-state index < -0.39 is 6.04 Å². The third kappa shape index (κ3) is 4.27. The van der Waals surface area contributed by atoms with E-state index >= 15 is 0 Å². The van der Waals surface area contributed by atoms with E-state index in [0.29, 0.717) is 13.1 Å². The lowest BCUT2D eigenvalue weighted by Crippen LogP contribution is -2.48. The molecule has 5 heteroatoms. The van der Waals surface area contributed by atoms with Gasteiger partial charge in [-0.1, -0.05) is 66.7 Å². The van der Waals surface area contributed by atoms with Gasteiger partial charge in [-0.05, 0) is 41.3 Å². The number of aromatic nitrogens is 1. The van der Waals surface area contributed by atoms with Crippen molar-refractivity contribution in [2.45, 2.75) is 25.8 Å². The molecule has 0 saturated carbocycles. The number of nitrogens with zero attached hydrogens (tertiary/aromatic N) is 1. The number of hydrogen-bond acceptors (Lipinski definition) is 2. The highest BCUT2D eigenvalue weighted by atomic mass is 16.2. The maximum absolute atomic E-state index is 13.0. The first-order valence-electron chi connectivity index (χ1n) is 11.4. The van der Waals surface area contributed by atoms with Crippen LogP contribution in [0.15, 0.2) is 79.0 Å². The third-order valence-electron chi connectivity index (χ3n) is 6.43. The van der Waals surface area contributed by atoms with E-state index in [1.807, 2.05) is 65.7 Å². The van der Waals surface area contributed by atoms with Crippen LogP contribution in [0.5, 0.6) is 0 Å². The van der Waals surface area contributed by atoms with Crippen molar-refractivity contribution in [3.8, 4) is 0 Å². The molecule has 2 amide bonds. The summed E-state index contributed by atoms with van der Waals surface area (Å²) in [5.74, 6) is -0.185. The van der Waals surface area contributed by atoms with Gasteiger partial charge in [0.1, 0.15) is 6.04 Å². The SMILES string of the molecule is C[C@@H](NC(=O)Cc1cccc2ccccc12)C(=O)N1CC=C(c2c[nH]c3ccccc23)CC1. The van der Waals surface area contributed by atoms with Gasteiger partial charge < -0.3 is 15.2 Å². The van der Waals surface area contributed by atoms with Crippen molar-refractivity contribution < 1.29 is 9.59 Å². The molecular formula is C28H27N3O2. The smallest absolute Gasteiger partial charge is 0.245 e. The minimum absolute atomic E-state index is 0.0458. The third-order valence-corrected chi connectivity index (χ3v) is 6.43. The van der Waals surface area contributed by atoms with E-state index in [9.17, 15) is 9.59 Å². The van der Waals surface area contributed by atoms with Gasteiger partial charge in [-0.25, -0.2) is 0 Å². The summed E-state index contributed by atoms with van der Waals surface area (Å²) < 4.78 is 0. The highest BCUT2D eigenvalue weighted by molar-refractivity contribution is 5.94. The molecule has 0 radical (unpaired) electrons. The highest BCUT2D eigenvalue weighted by Crippen LogP contribution is 2.29. The summed E-state index contributed by atoms with van der Waals surface area (Å²) in [5.41, 5.74) is 4.54. The van der Waals surface area contributed by atoms with Gasteiger partial charge in [-0.3, -0.25) is 9.59 Å². The van der Waals surface area contributed by atoms with Crippen LogP contribution in [0, 0.1) is 0 Å². The number of fused-ring (bicyclic) bond motifs is 2. The van der Waals surface area contributed by atoms with Crippen molar-refractivity contribution in [1.82, 2.24) is 15.2 Å². The Morgan fingerprint density at radius 3 is 2.58 bits per heavy atom. The molecule has 0 unspecified atom stereocenters. The number of benzene rings is 3. The second-order valence-electron chi connectivity index (χ2n) is 8.62. The van der Waals surface area contributed by atoms with Crippen molar-refractivity contribution in [1.29, 1.82) is 0 Å². The number of para-hydroxylation sites is 1. The molecule has 0 spiro atoms. The quantitative estimate of drug-likeness (QED) is 0.476. The van der Waals surface area contributed by atoms with E-state index in [2.05, 4.69) is 28.5 Å². The maximum atomic E-state index is 13.0. The van der Waals surface area contributed by atoms with Crippen LogP contribution in [-0.4, -0.2) is 40.8 Å². The lowest BCUT2D eigenvalue weighted by molar-refractivity contribution is -0.135. The fourth-order valence-corrected chi connectivity index (χ4v) is 4.70. The lowest BCUT2D eigenvalue weighted by Gasteiger charge is -2.29. The van der Waals surface area contributed by atoms with Crippen molar-refractivity contribution >= 4 is 39.1 Å². The predicted molar refractivity (Wildman–Crippen MR) is 133 cm³/mol. The molecule has 5 nitrogen and oxygen atoms in total. The first kappa shape index (κ1) is 21.0. The highest BCUT2D eigenvalue weighted by Gasteiger charge is 2.24. The van der Waals surface area contributed by atoms with Gasteiger partial charge in [-0.15, -0.1) is 0 Å². The first-order valence-corrected chi connectivity index (χ1v) is 11.4. The molecule has 3 aromatic carbocycles.